The average Bonchev–Trinajstić information content (AvgIpc) is 2.70. The van der Waals surface area contributed by atoms with Crippen molar-refractivity contribution in [2.75, 3.05) is 0 Å². The van der Waals surface area contributed by atoms with Crippen LogP contribution in [0.1, 0.15) is 20.8 Å². The van der Waals surface area contributed by atoms with Crippen LogP contribution in [0.3, 0.4) is 0 Å². The van der Waals surface area contributed by atoms with E-state index < -0.39 is 14.7 Å². The summed E-state index contributed by atoms with van der Waals surface area (Å²) in [6.07, 6.45) is 0. The Kier molecular flexibility index (Phi) is 2.73. The van der Waals surface area contributed by atoms with Crippen molar-refractivity contribution in [1.29, 1.82) is 0 Å². The SMILES string of the molecule is NC(=O)c1cc2cc(C(=O)PO)ccc2[nH]1. The standard InChI is InChI=1S/C10H9N2O3P/c11-9(13)8-4-6-3-5(10(14)16-15)1-2-7(6)12-8/h1-4,12,15-16H,(H2,11,13). The molecule has 0 aliphatic rings. The number of hydrogen-bond donors (Lipinski definition) is 3. The maximum atomic E-state index is 11.3. The van der Waals surface area contributed by atoms with Gasteiger partial charge in [-0.2, -0.15) is 0 Å². The number of primary amides is 1. The summed E-state index contributed by atoms with van der Waals surface area (Å²) < 4.78 is 0. The van der Waals surface area contributed by atoms with Crippen LogP contribution in [0.5, 0.6) is 0 Å². The van der Waals surface area contributed by atoms with Gasteiger partial charge in [-0.15, -0.1) is 0 Å². The fourth-order valence-electron chi connectivity index (χ4n) is 1.47. The molecule has 0 saturated carbocycles. The molecule has 0 saturated heterocycles. The Balaban J connectivity index is 2.53. The van der Waals surface area contributed by atoms with Crippen molar-refractivity contribution in [2.24, 2.45) is 5.73 Å². The second kappa shape index (κ2) is 4.04. The molecule has 1 atom stereocenters. The maximum Gasteiger partial charge on any atom is 0.265 e. The minimum atomic E-state index is -0.758. The van der Waals surface area contributed by atoms with Gasteiger partial charge in [-0.1, -0.05) is 0 Å². The third kappa shape index (κ3) is 1.83. The van der Waals surface area contributed by atoms with Crippen LogP contribution in [0, 0.1) is 0 Å². The topological polar surface area (TPSA) is 96.2 Å². The molecule has 2 aromatic rings. The molecule has 0 spiro atoms. The molecule has 82 valence electrons. The molecule has 5 nitrogen and oxygen atoms in total. The molecule has 0 fully saturated rings. The zero-order valence-corrected chi connectivity index (χ0v) is 9.15. The lowest BCUT2D eigenvalue weighted by molar-refractivity contribution is 0.0995. The number of aromatic amines is 1. The molecule has 6 heteroatoms. The maximum absolute atomic E-state index is 11.3. The van der Waals surface area contributed by atoms with Crippen molar-refractivity contribution in [3.63, 3.8) is 0 Å². The number of aromatic nitrogens is 1. The van der Waals surface area contributed by atoms with Crippen LogP contribution >= 0.6 is 8.81 Å². The highest BCUT2D eigenvalue weighted by Gasteiger charge is 2.09. The number of benzene rings is 1. The van der Waals surface area contributed by atoms with Gasteiger partial charge in [-0.05, 0) is 24.3 Å². The summed E-state index contributed by atoms with van der Waals surface area (Å²) in [7, 11) is -0.758. The Morgan fingerprint density at radius 1 is 1.31 bits per heavy atom. The van der Waals surface area contributed by atoms with Gasteiger partial charge in [0.1, 0.15) is 5.69 Å². The lowest BCUT2D eigenvalue weighted by Crippen LogP contribution is -2.10. The predicted molar refractivity (Wildman–Crippen MR) is 61.7 cm³/mol. The summed E-state index contributed by atoms with van der Waals surface area (Å²) >= 11 is 0. The van der Waals surface area contributed by atoms with E-state index in [9.17, 15) is 9.59 Å². The molecule has 4 N–H and O–H groups in total. The van der Waals surface area contributed by atoms with Crippen molar-refractivity contribution in [2.45, 2.75) is 0 Å². The average molecular weight is 236 g/mol. The van der Waals surface area contributed by atoms with E-state index in [-0.39, 0.29) is 5.52 Å². The molecule has 0 aliphatic heterocycles. The fourth-order valence-corrected chi connectivity index (χ4v) is 1.76. The lowest BCUT2D eigenvalue weighted by Gasteiger charge is -1.96. The second-order valence-corrected chi connectivity index (χ2v) is 3.97. The lowest BCUT2D eigenvalue weighted by atomic mass is 10.2. The predicted octanol–water partition coefficient (Wildman–Crippen LogP) is 0.993. The van der Waals surface area contributed by atoms with Gasteiger partial charge in [0, 0.05) is 16.5 Å². The largest absolute Gasteiger partial charge is 0.369 e. The van der Waals surface area contributed by atoms with Crippen LogP contribution < -0.4 is 5.73 Å². The van der Waals surface area contributed by atoms with Gasteiger partial charge in [-0.25, -0.2) is 0 Å². The number of rotatable bonds is 3. The van der Waals surface area contributed by atoms with Crippen LogP contribution in [0.25, 0.3) is 10.9 Å². The Bertz CT molecular complexity index is 576. The number of fused-ring (bicyclic) bond motifs is 1. The van der Waals surface area contributed by atoms with E-state index >= 15 is 0 Å². The van der Waals surface area contributed by atoms with Crippen molar-refractivity contribution < 1.29 is 14.5 Å². The van der Waals surface area contributed by atoms with Gasteiger partial charge in [-0.3, -0.25) is 9.59 Å². The Morgan fingerprint density at radius 3 is 2.69 bits per heavy atom. The third-order valence-electron chi connectivity index (χ3n) is 2.25. The summed E-state index contributed by atoms with van der Waals surface area (Å²) in [5, 5.41) is 0.720. The van der Waals surface area contributed by atoms with Crippen molar-refractivity contribution >= 4 is 31.1 Å². The number of amides is 1. The molecular weight excluding hydrogens is 227 g/mol. The van der Waals surface area contributed by atoms with E-state index in [0.717, 1.165) is 10.9 Å². The van der Waals surface area contributed by atoms with Crippen LogP contribution in [-0.2, 0) is 0 Å². The minimum absolute atomic E-state index is 0.297. The molecule has 1 unspecified atom stereocenters. The Morgan fingerprint density at radius 2 is 2.06 bits per heavy atom. The molecule has 1 heterocycles. The molecule has 2 rings (SSSR count). The summed E-state index contributed by atoms with van der Waals surface area (Å²) in [4.78, 5) is 33.8. The number of carbonyl (C=O) groups excluding carboxylic acids is 2. The van der Waals surface area contributed by atoms with E-state index in [0.29, 0.717) is 11.3 Å². The fraction of sp³-hybridized carbons (Fsp3) is 0. The second-order valence-electron chi connectivity index (χ2n) is 3.29. The van der Waals surface area contributed by atoms with E-state index in [1.165, 1.54) is 0 Å². The minimum Gasteiger partial charge on any atom is -0.369 e. The highest BCUT2D eigenvalue weighted by molar-refractivity contribution is 7.53. The molecule has 1 aromatic heterocycles. The number of carbonyl (C=O) groups is 2. The number of hydrogen-bond acceptors (Lipinski definition) is 3. The zero-order valence-electron chi connectivity index (χ0n) is 8.15. The van der Waals surface area contributed by atoms with Crippen LogP contribution in [-0.4, -0.2) is 21.3 Å². The number of H-pyrrole nitrogens is 1. The van der Waals surface area contributed by atoms with E-state index in [4.69, 9.17) is 10.6 Å². The van der Waals surface area contributed by atoms with E-state index in [1.54, 1.807) is 24.3 Å². The zero-order chi connectivity index (χ0) is 11.7. The van der Waals surface area contributed by atoms with E-state index in [1.807, 2.05) is 0 Å². The first kappa shape index (κ1) is 10.8. The van der Waals surface area contributed by atoms with Gasteiger partial charge >= 0.3 is 0 Å². The highest BCUT2D eigenvalue weighted by Crippen LogP contribution is 2.21. The van der Waals surface area contributed by atoms with Gasteiger partial charge in [0.05, 0.1) is 8.81 Å². The summed E-state index contributed by atoms with van der Waals surface area (Å²) in [5.41, 5.74) is 6.24. The molecule has 1 amide bonds. The van der Waals surface area contributed by atoms with Crippen LogP contribution in [0.4, 0.5) is 0 Å². The molecule has 0 aliphatic carbocycles. The van der Waals surface area contributed by atoms with Crippen molar-refractivity contribution in [3.05, 3.63) is 35.5 Å². The quantitative estimate of drug-likeness (QED) is 0.693. The molecule has 16 heavy (non-hydrogen) atoms. The van der Waals surface area contributed by atoms with Crippen molar-refractivity contribution in [1.82, 2.24) is 4.98 Å². The molecule has 0 radical (unpaired) electrons. The Hall–Kier alpha value is -1.71. The van der Waals surface area contributed by atoms with Crippen LogP contribution in [0.2, 0.25) is 0 Å². The molecule has 1 aromatic carbocycles. The monoisotopic (exact) mass is 236 g/mol. The van der Waals surface area contributed by atoms with Gasteiger partial charge in [0.2, 0.25) is 5.52 Å². The van der Waals surface area contributed by atoms with Gasteiger partial charge in [0.15, 0.2) is 0 Å². The first-order valence-electron chi connectivity index (χ1n) is 4.49. The van der Waals surface area contributed by atoms with E-state index in [2.05, 4.69) is 4.98 Å². The summed E-state index contributed by atoms with van der Waals surface area (Å²) in [6.45, 7) is 0. The van der Waals surface area contributed by atoms with Crippen LogP contribution in [0.15, 0.2) is 24.3 Å². The third-order valence-corrected chi connectivity index (χ3v) is 2.74. The number of nitrogens with two attached hydrogens (primary N) is 1. The summed E-state index contributed by atoms with van der Waals surface area (Å²) in [6, 6.07) is 6.46. The highest BCUT2D eigenvalue weighted by atomic mass is 31.1. The normalized spacial score (nSPS) is 11.3. The Labute approximate surface area is 92.5 Å². The van der Waals surface area contributed by atoms with Gasteiger partial charge in [0.25, 0.3) is 5.91 Å². The summed E-state index contributed by atoms with van der Waals surface area (Å²) in [5.74, 6) is -0.548. The smallest absolute Gasteiger partial charge is 0.265 e. The first-order chi connectivity index (χ1) is 7.61. The van der Waals surface area contributed by atoms with Gasteiger partial charge < -0.3 is 15.6 Å². The van der Waals surface area contributed by atoms with Crippen molar-refractivity contribution in [3.8, 4) is 0 Å². The first-order valence-corrected chi connectivity index (χ1v) is 5.43. The molecule has 0 bridgehead atoms. The molecular formula is C10H9N2O3P. The number of nitrogens with one attached hydrogen (secondary N) is 1.